The van der Waals surface area contributed by atoms with E-state index >= 15 is 0 Å². The number of carbonyl (C=O) groups is 2. The van der Waals surface area contributed by atoms with E-state index in [0.29, 0.717) is 47.2 Å². The lowest BCUT2D eigenvalue weighted by Gasteiger charge is -2.64. The maximum atomic E-state index is 13.6. The number of methoxy groups -OCH3 is 1. The predicted molar refractivity (Wildman–Crippen MR) is 115 cm³/mol. The summed E-state index contributed by atoms with van der Waals surface area (Å²) in [6.45, 7) is 9.80. The molecular weight excluding hydrogens is 360 g/mol. The molecule has 164 valence electrons. The molecule has 3 nitrogen and oxygen atoms in total. The normalized spacial score (nSPS) is 47.7. The van der Waals surface area contributed by atoms with Gasteiger partial charge in [0.25, 0.3) is 0 Å². The summed E-state index contributed by atoms with van der Waals surface area (Å²) < 4.78 is 4.87. The van der Waals surface area contributed by atoms with Crippen molar-refractivity contribution < 1.29 is 14.3 Å². The summed E-state index contributed by atoms with van der Waals surface area (Å²) in [6.07, 6.45) is 12.4. The van der Waals surface area contributed by atoms with Gasteiger partial charge in [0.2, 0.25) is 0 Å². The van der Waals surface area contributed by atoms with E-state index < -0.39 is 0 Å². The molecule has 3 heteroatoms. The summed E-state index contributed by atoms with van der Waals surface area (Å²) in [5, 5.41) is 0. The van der Waals surface area contributed by atoms with Crippen LogP contribution in [0.4, 0.5) is 0 Å². The lowest BCUT2D eigenvalue weighted by atomic mass is 9.40. The van der Waals surface area contributed by atoms with E-state index in [4.69, 9.17) is 4.74 Å². The first-order valence-electron chi connectivity index (χ1n) is 12.3. The van der Waals surface area contributed by atoms with Crippen LogP contribution >= 0.6 is 0 Å². The molecule has 0 amide bonds. The fourth-order valence-electron chi connectivity index (χ4n) is 8.95. The molecule has 0 bridgehead atoms. The number of Topliss-reactive ketones (excluding diaryl/α,β-unsaturated/α-hetero) is 1. The molecule has 8 atom stereocenters. The highest BCUT2D eigenvalue weighted by atomic mass is 16.5. The van der Waals surface area contributed by atoms with Gasteiger partial charge in [0.05, 0.1) is 7.11 Å². The Labute approximate surface area is 177 Å². The fraction of sp³-hybridized carbons (Fsp3) is 0.923. The molecule has 0 N–H and O–H groups in total. The number of hydrogen-bond donors (Lipinski definition) is 0. The van der Waals surface area contributed by atoms with Crippen molar-refractivity contribution in [3.05, 3.63) is 0 Å². The maximum absolute atomic E-state index is 13.6. The van der Waals surface area contributed by atoms with Gasteiger partial charge < -0.3 is 4.74 Å². The molecule has 4 saturated carbocycles. The van der Waals surface area contributed by atoms with Crippen LogP contribution < -0.4 is 0 Å². The summed E-state index contributed by atoms with van der Waals surface area (Å²) in [4.78, 5) is 25.2. The zero-order chi connectivity index (χ0) is 21.0. The number of carbonyl (C=O) groups excluding carboxylic acids is 2. The van der Waals surface area contributed by atoms with Crippen LogP contribution in [0.5, 0.6) is 0 Å². The number of fused-ring (bicyclic) bond motifs is 5. The third-order valence-electron chi connectivity index (χ3n) is 10.9. The maximum Gasteiger partial charge on any atom is 0.305 e. The van der Waals surface area contributed by atoms with Crippen molar-refractivity contribution in [1.29, 1.82) is 0 Å². The van der Waals surface area contributed by atoms with Gasteiger partial charge in [-0.05, 0) is 84.9 Å². The zero-order valence-electron chi connectivity index (χ0n) is 19.4. The van der Waals surface area contributed by atoms with Gasteiger partial charge in [-0.15, -0.1) is 0 Å². The molecule has 0 aliphatic heterocycles. The first-order chi connectivity index (χ1) is 13.7. The second kappa shape index (κ2) is 7.38. The number of hydrogen-bond acceptors (Lipinski definition) is 3. The Kier molecular flexibility index (Phi) is 5.44. The number of rotatable bonds is 4. The monoisotopic (exact) mass is 402 g/mol. The Balaban J connectivity index is 1.56. The second-order valence-electron chi connectivity index (χ2n) is 11.9. The molecule has 0 spiro atoms. The Morgan fingerprint density at radius 1 is 1.07 bits per heavy atom. The van der Waals surface area contributed by atoms with Gasteiger partial charge in [0.1, 0.15) is 5.78 Å². The lowest BCUT2D eigenvalue weighted by molar-refractivity contribution is -0.172. The van der Waals surface area contributed by atoms with E-state index in [-0.39, 0.29) is 16.8 Å². The highest BCUT2D eigenvalue weighted by Gasteiger charge is 2.65. The van der Waals surface area contributed by atoms with Crippen LogP contribution in [-0.4, -0.2) is 18.9 Å². The van der Waals surface area contributed by atoms with Gasteiger partial charge in [-0.1, -0.05) is 40.5 Å². The van der Waals surface area contributed by atoms with Crippen LogP contribution in [0.2, 0.25) is 0 Å². The average Bonchev–Trinajstić information content (AvgIpc) is 3.03. The zero-order valence-corrected chi connectivity index (χ0v) is 19.4. The molecule has 4 fully saturated rings. The Hall–Kier alpha value is -0.860. The molecule has 4 aliphatic carbocycles. The predicted octanol–water partition coefficient (Wildman–Crippen LogP) is 6.19. The van der Waals surface area contributed by atoms with Crippen LogP contribution in [0.1, 0.15) is 98.3 Å². The second-order valence-corrected chi connectivity index (χ2v) is 11.9. The van der Waals surface area contributed by atoms with Crippen molar-refractivity contribution >= 4 is 11.8 Å². The third kappa shape index (κ3) is 3.12. The SMILES string of the molecule is COC(=O)CC[C@@H](C)C1CCC2[C@@H]3C(=O)C[C@]4(C)CCCC[C@]4(C)C3CC[C@@]21C. The topological polar surface area (TPSA) is 43.4 Å². The molecule has 0 radical (unpaired) electrons. The van der Waals surface area contributed by atoms with E-state index in [1.165, 1.54) is 58.5 Å². The summed E-state index contributed by atoms with van der Waals surface area (Å²) in [5.74, 6) is 3.11. The molecule has 4 aliphatic rings. The standard InChI is InChI=1S/C26H42O3/c1-17(8-11-22(28)29-5)18-9-10-19-23-20(12-15-25(18,19)3)26(4)14-7-6-13-24(26,2)16-21(23)27/h17-20,23H,6-16H2,1-5H3/t17-,18?,19?,20?,23+,24+,25-,26-/m1/s1. The number of ether oxygens (including phenoxy) is 1. The van der Waals surface area contributed by atoms with Crippen molar-refractivity contribution in [2.45, 2.75) is 98.3 Å². The van der Waals surface area contributed by atoms with E-state index in [9.17, 15) is 9.59 Å². The first kappa shape index (κ1) is 21.4. The number of esters is 1. The Morgan fingerprint density at radius 3 is 2.52 bits per heavy atom. The summed E-state index contributed by atoms with van der Waals surface area (Å²) in [7, 11) is 1.48. The average molecular weight is 403 g/mol. The smallest absolute Gasteiger partial charge is 0.305 e. The molecule has 3 unspecified atom stereocenters. The summed E-state index contributed by atoms with van der Waals surface area (Å²) in [5.41, 5.74) is 0.841. The Bertz CT molecular complexity index is 671. The quantitative estimate of drug-likeness (QED) is 0.526. The van der Waals surface area contributed by atoms with Crippen molar-refractivity contribution in [2.24, 2.45) is 45.8 Å². The lowest BCUT2D eigenvalue weighted by Crippen LogP contribution is -2.60. The van der Waals surface area contributed by atoms with Crippen LogP contribution in [0.3, 0.4) is 0 Å². The minimum atomic E-state index is -0.0905. The van der Waals surface area contributed by atoms with Crippen molar-refractivity contribution in [2.75, 3.05) is 7.11 Å². The van der Waals surface area contributed by atoms with E-state index in [1.54, 1.807) is 0 Å². The van der Waals surface area contributed by atoms with Crippen LogP contribution in [0.25, 0.3) is 0 Å². The third-order valence-corrected chi connectivity index (χ3v) is 10.9. The minimum absolute atomic E-state index is 0.0905. The van der Waals surface area contributed by atoms with Gasteiger partial charge >= 0.3 is 5.97 Å². The first-order valence-corrected chi connectivity index (χ1v) is 12.3. The molecular formula is C26H42O3. The van der Waals surface area contributed by atoms with E-state index in [0.717, 1.165) is 12.8 Å². The summed E-state index contributed by atoms with van der Waals surface area (Å²) >= 11 is 0. The highest BCUT2D eigenvalue weighted by Crippen LogP contribution is 2.70. The molecule has 0 aromatic carbocycles. The van der Waals surface area contributed by atoms with Crippen molar-refractivity contribution in [1.82, 2.24) is 0 Å². The Morgan fingerprint density at radius 2 is 1.79 bits per heavy atom. The minimum Gasteiger partial charge on any atom is -0.469 e. The van der Waals surface area contributed by atoms with Crippen LogP contribution in [0, 0.1) is 45.8 Å². The molecule has 0 heterocycles. The molecule has 29 heavy (non-hydrogen) atoms. The van der Waals surface area contributed by atoms with Gasteiger partial charge in [0.15, 0.2) is 0 Å². The fourth-order valence-corrected chi connectivity index (χ4v) is 8.95. The van der Waals surface area contributed by atoms with Crippen LogP contribution in [-0.2, 0) is 14.3 Å². The largest absolute Gasteiger partial charge is 0.469 e. The highest BCUT2D eigenvalue weighted by molar-refractivity contribution is 5.84. The van der Waals surface area contributed by atoms with Gasteiger partial charge in [-0.2, -0.15) is 0 Å². The van der Waals surface area contributed by atoms with E-state index in [1.807, 2.05) is 0 Å². The van der Waals surface area contributed by atoms with Gasteiger partial charge in [0, 0.05) is 18.8 Å². The van der Waals surface area contributed by atoms with Gasteiger partial charge in [-0.25, -0.2) is 0 Å². The number of ketones is 1. The van der Waals surface area contributed by atoms with Crippen molar-refractivity contribution in [3.8, 4) is 0 Å². The summed E-state index contributed by atoms with van der Waals surface area (Å²) in [6, 6.07) is 0. The molecule has 0 aromatic rings. The van der Waals surface area contributed by atoms with Crippen LogP contribution in [0.15, 0.2) is 0 Å². The molecule has 4 rings (SSSR count). The van der Waals surface area contributed by atoms with Crippen molar-refractivity contribution in [3.63, 3.8) is 0 Å². The molecule has 0 saturated heterocycles. The van der Waals surface area contributed by atoms with Gasteiger partial charge in [-0.3, -0.25) is 9.59 Å². The van der Waals surface area contributed by atoms with E-state index in [2.05, 4.69) is 27.7 Å². The molecule has 0 aromatic heterocycles.